The van der Waals surface area contributed by atoms with Crippen molar-refractivity contribution in [2.75, 3.05) is 24.2 Å². The maximum Gasteiger partial charge on any atom is 0.257 e. The fourth-order valence-corrected chi connectivity index (χ4v) is 1.79. The van der Waals surface area contributed by atoms with E-state index < -0.39 is 5.60 Å². The molecule has 0 aliphatic rings. The molecule has 0 spiro atoms. The minimum Gasteiger partial charge on any atom is -0.388 e. The van der Waals surface area contributed by atoms with Crippen LogP contribution < -0.4 is 10.6 Å². The van der Waals surface area contributed by atoms with Gasteiger partial charge in [0.25, 0.3) is 5.95 Å². The summed E-state index contributed by atoms with van der Waals surface area (Å²) in [5, 5.41) is 20.4. The summed E-state index contributed by atoms with van der Waals surface area (Å²) in [5.41, 5.74) is -0.766. The van der Waals surface area contributed by atoms with Crippen LogP contribution in [0.4, 0.5) is 11.9 Å². The van der Waals surface area contributed by atoms with Crippen molar-refractivity contribution in [2.24, 2.45) is 0 Å². The molecule has 114 valence electrons. The third-order valence-electron chi connectivity index (χ3n) is 3.45. The molecule has 0 aliphatic heterocycles. The second-order valence-corrected chi connectivity index (χ2v) is 4.77. The van der Waals surface area contributed by atoms with Crippen LogP contribution in [0, 0.1) is 0 Å². The SMILES string of the molecule is CCC(O)(CC)CNc1nc(NC)nc(-n2cccn2)n1. The second-order valence-electron chi connectivity index (χ2n) is 4.77. The predicted molar refractivity (Wildman–Crippen MR) is 80.5 cm³/mol. The lowest BCUT2D eigenvalue weighted by molar-refractivity contribution is 0.0455. The lowest BCUT2D eigenvalue weighted by atomic mass is 9.98. The molecule has 0 atom stereocenters. The number of hydrogen-bond donors (Lipinski definition) is 3. The molecule has 2 aromatic rings. The first kappa shape index (κ1) is 15.2. The molecule has 0 amide bonds. The Morgan fingerprint density at radius 1 is 1.19 bits per heavy atom. The molecule has 0 saturated heterocycles. The zero-order valence-corrected chi connectivity index (χ0v) is 12.5. The van der Waals surface area contributed by atoms with E-state index in [1.807, 2.05) is 13.8 Å². The highest BCUT2D eigenvalue weighted by Gasteiger charge is 2.22. The van der Waals surface area contributed by atoms with E-state index in [-0.39, 0.29) is 0 Å². The second kappa shape index (κ2) is 6.49. The molecule has 3 N–H and O–H groups in total. The van der Waals surface area contributed by atoms with Gasteiger partial charge < -0.3 is 15.7 Å². The summed E-state index contributed by atoms with van der Waals surface area (Å²) in [7, 11) is 1.74. The summed E-state index contributed by atoms with van der Waals surface area (Å²) in [6.45, 7) is 4.28. The standard InChI is InChI=1S/C13H21N7O/c1-4-13(21,5-2)9-15-11-17-10(14-3)18-12(19-11)20-8-6-7-16-20/h6-8,21H,4-5,9H2,1-3H3,(H2,14,15,17,18,19). The van der Waals surface area contributed by atoms with Crippen molar-refractivity contribution in [2.45, 2.75) is 32.3 Å². The van der Waals surface area contributed by atoms with E-state index in [2.05, 4.69) is 30.7 Å². The monoisotopic (exact) mass is 291 g/mol. The zero-order valence-electron chi connectivity index (χ0n) is 12.5. The smallest absolute Gasteiger partial charge is 0.257 e. The third-order valence-corrected chi connectivity index (χ3v) is 3.45. The van der Waals surface area contributed by atoms with Crippen molar-refractivity contribution in [3.8, 4) is 5.95 Å². The molecule has 8 heteroatoms. The molecule has 0 saturated carbocycles. The molecule has 2 heterocycles. The Balaban J connectivity index is 2.21. The number of rotatable bonds is 7. The van der Waals surface area contributed by atoms with E-state index in [1.54, 1.807) is 30.2 Å². The van der Waals surface area contributed by atoms with Crippen molar-refractivity contribution in [1.82, 2.24) is 24.7 Å². The minimum atomic E-state index is -0.766. The summed E-state index contributed by atoms with van der Waals surface area (Å²) in [6.07, 6.45) is 4.73. The van der Waals surface area contributed by atoms with E-state index >= 15 is 0 Å². The van der Waals surface area contributed by atoms with Crippen molar-refractivity contribution in [3.05, 3.63) is 18.5 Å². The van der Waals surface area contributed by atoms with Crippen molar-refractivity contribution in [3.63, 3.8) is 0 Å². The Morgan fingerprint density at radius 3 is 2.48 bits per heavy atom. The van der Waals surface area contributed by atoms with Crippen LogP contribution in [0.3, 0.4) is 0 Å². The highest BCUT2D eigenvalue weighted by atomic mass is 16.3. The van der Waals surface area contributed by atoms with Crippen LogP contribution >= 0.6 is 0 Å². The summed E-state index contributed by atoms with van der Waals surface area (Å²) >= 11 is 0. The van der Waals surface area contributed by atoms with Gasteiger partial charge in [0.15, 0.2) is 0 Å². The Hall–Kier alpha value is -2.22. The van der Waals surface area contributed by atoms with Gasteiger partial charge >= 0.3 is 0 Å². The lowest BCUT2D eigenvalue weighted by Gasteiger charge is -2.25. The van der Waals surface area contributed by atoms with Crippen LogP contribution in [0.15, 0.2) is 18.5 Å². The number of aliphatic hydroxyl groups is 1. The maximum absolute atomic E-state index is 10.3. The minimum absolute atomic E-state index is 0.381. The van der Waals surface area contributed by atoms with Crippen LogP contribution in [0.1, 0.15) is 26.7 Å². The van der Waals surface area contributed by atoms with Crippen LogP contribution in [0.5, 0.6) is 0 Å². The lowest BCUT2D eigenvalue weighted by Crippen LogP contribution is -2.36. The van der Waals surface area contributed by atoms with Crippen LogP contribution in [0.25, 0.3) is 5.95 Å². The molecule has 8 nitrogen and oxygen atoms in total. The van der Waals surface area contributed by atoms with Gasteiger partial charge in [0.05, 0.1) is 5.60 Å². The van der Waals surface area contributed by atoms with E-state index in [4.69, 9.17) is 0 Å². The van der Waals surface area contributed by atoms with Crippen LogP contribution in [0.2, 0.25) is 0 Å². The highest BCUT2D eigenvalue weighted by molar-refractivity contribution is 5.37. The summed E-state index contributed by atoms with van der Waals surface area (Å²) in [6, 6.07) is 1.79. The Morgan fingerprint density at radius 2 is 1.90 bits per heavy atom. The van der Waals surface area contributed by atoms with Crippen LogP contribution in [-0.2, 0) is 0 Å². The highest BCUT2D eigenvalue weighted by Crippen LogP contribution is 2.16. The van der Waals surface area contributed by atoms with Crippen molar-refractivity contribution < 1.29 is 5.11 Å². The fourth-order valence-electron chi connectivity index (χ4n) is 1.79. The molecule has 2 rings (SSSR count). The first-order valence-electron chi connectivity index (χ1n) is 7.00. The Bertz CT molecular complexity index is 566. The summed E-state index contributed by atoms with van der Waals surface area (Å²) in [5.74, 6) is 1.26. The maximum atomic E-state index is 10.3. The van der Waals surface area contributed by atoms with Gasteiger partial charge in [0.1, 0.15) is 0 Å². The number of nitrogens with zero attached hydrogens (tertiary/aromatic N) is 5. The van der Waals surface area contributed by atoms with Gasteiger partial charge in [-0.1, -0.05) is 13.8 Å². The molecule has 0 radical (unpaired) electrons. The van der Waals surface area contributed by atoms with Gasteiger partial charge in [-0.3, -0.25) is 0 Å². The third kappa shape index (κ3) is 3.66. The molecule has 21 heavy (non-hydrogen) atoms. The van der Waals surface area contributed by atoms with Gasteiger partial charge in [-0.25, -0.2) is 4.68 Å². The summed E-state index contributed by atoms with van der Waals surface area (Å²) < 4.78 is 1.56. The van der Waals surface area contributed by atoms with E-state index in [0.717, 1.165) is 0 Å². The average molecular weight is 291 g/mol. The molecule has 2 aromatic heterocycles. The molecule has 0 aromatic carbocycles. The Labute approximate surface area is 123 Å². The van der Waals surface area contributed by atoms with E-state index in [9.17, 15) is 5.11 Å². The number of anilines is 2. The normalized spacial score (nSPS) is 11.4. The van der Waals surface area contributed by atoms with Crippen molar-refractivity contribution in [1.29, 1.82) is 0 Å². The van der Waals surface area contributed by atoms with Gasteiger partial charge in [-0.15, -0.1) is 0 Å². The summed E-state index contributed by atoms with van der Waals surface area (Å²) in [4.78, 5) is 12.8. The van der Waals surface area contributed by atoms with E-state index in [0.29, 0.717) is 37.2 Å². The van der Waals surface area contributed by atoms with Crippen LogP contribution in [-0.4, -0.2) is 49.0 Å². The van der Waals surface area contributed by atoms with E-state index in [1.165, 1.54) is 0 Å². The topological polar surface area (TPSA) is 101 Å². The predicted octanol–water partition coefficient (Wildman–Crippen LogP) is 1.06. The molecular formula is C13H21N7O. The Kier molecular flexibility index (Phi) is 4.69. The zero-order chi connectivity index (χ0) is 15.3. The van der Waals surface area contributed by atoms with Crippen molar-refractivity contribution >= 4 is 11.9 Å². The number of aromatic nitrogens is 5. The first-order chi connectivity index (χ1) is 10.1. The van der Waals surface area contributed by atoms with Gasteiger partial charge in [0, 0.05) is 26.0 Å². The largest absolute Gasteiger partial charge is 0.388 e. The molecular weight excluding hydrogens is 270 g/mol. The van der Waals surface area contributed by atoms with Gasteiger partial charge in [-0.2, -0.15) is 20.1 Å². The molecule has 0 unspecified atom stereocenters. The van der Waals surface area contributed by atoms with Gasteiger partial charge in [-0.05, 0) is 18.9 Å². The number of nitrogens with one attached hydrogen (secondary N) is 2. The molecule has 0 fully saturated rings. The quantitative estimate of drug-likeness (QED) is 0.701. The first-order valence-corrected chi connectivity index (χ1v) is 7.00. The molecule has 0 bridgehead atoms. The molecule has 0 aliphatic carbocycles. The fraction of sp³-hybridized carbons (Fsp3) is 0.538. The average Bonchev–Trinajstić information content (AvgIpc) is 3.06. The number of hydrogen-bond acceptors (Lipinski definition) is 7. The van der Waals surface area contributed by atoms with Gasteiger partial charge in [0.2, 0.25) is 11.9 Å².